The molecule has 14 heavy (non-hydrogen) atoms. The van der Waals surface area contributed by atoms with Gasteiger partial charge in [0, 0.05) is 0 Å². The topological polar surface area (TPSA) is 78.1 Å². The number of ether oxygens (including phenoxy) is 1. The molecule has 1 rings (SSSR count). The summed E-state index contributed by atoms with van der Waals surface area (Å²) in [6.07, 6.45) is 2.59. The Bertz CT molecular complexity index is 375. The van der Waals surface area contributed by atoms with Gasteiger partial charge in [0.1, 0.15) is 5.69 Å². The number of aromatic nitrogens is 2. The molecule has 1 aromatic heterocycles. The second kappa shape index (κ2) is 4.82. The lowest BCUT2D eigenvalue weighted by atomic mass is 10.4. The van der Waals surface area contributed by atoms with Gasteiger partial charge in [-0.3, -0.25) is 4.79 Å². The van der Waals surface area contributed by atoms with Gasteiger partial charge in [0.15, 0.2) is 6.61 Å². The molecule has 0 fully saturated rings. The molecule has 72 valence electrons. The first-order chi connectivity index (χ1) is 6.74. The molecule has 1 amide bonds. The SMILES string of the molecule is CC#CCOc1cnc(C(N)=O)cn1. The van der Waals surface area contributed by atoms with Crippen LogP contribution in [0.3, 0.4) is 0 Å². The first-order valence-electron chi connectivity index (χ1n) is 3.88. The summed E-state index contributed by atoms with van der Waals surface area (Å²) in [5.74, 6) is 5.08. The molecule has 1 aromatic rings. The number of amides is 1. The Morgan fingerprint density at radius 2 is 2.36 bits per heavy atom. The van der Waals surface area contributed by atoms with Crippen molar-refractivity contribution in [1.29, 1.82) is 0 Å². The number of carbonyl (C=O) groups is 1. The summed E-state index contributed by atoms with van der Waals surface area (Å²) in [6.45, 7) is 1.96. The molecule has 1 heterocycles. The maximum atomic E-state index is 10.6. The monoisotopic (exact) mass is 191 g/mol. The van der Waals surface area contributed by atoms with Crippen LogP contribution in [0.15, 0.2) is 12.4 Å². The van der Waals surface area contributed by atoms with Crippen LogP contribution in [0.5, 0.6) is 5.88 Å². The first kappa shape index (κ1) is 9.99. The summed E-state index contributed by atoms with van der Waals surface area (Å²) in [7, 11) is 0. The molecule has 0 aliphatic rings. The standard InChI is InChI=1S/C9H9N3O2/c1-2-3-4-14-8-6-11-7(5-12-8)9(10)13/h5-6H,4H2,1H3,(H2,10,13). The van der Waals surface area contributed by atoms with Crippen molar-refractivity contribution in [3.05, 3.63) is 18.1 Å². The van der Waals surface area contributed by atoms with Crippen LogP contribution < -0.4 is 10.5 Å². The zero-order chi connectivity index (χ0) is 10.4. The zero-order valence-electron chi connectivity index (χ0n) is 7.65. The second-order valence-electron chi connectivity index (χ2n) is 2.32. The van der Waals surface area contributed by atoms with E-state index < -0.39 is 5.91 Å². The predicted octanol–water partition coefficient (Wildman–Crippen LogP) is -0.0224. The van der Waals surface area contributed by atoms with E-state index in [1.54, 1.807) is 6.92 Å². The molecule has 0 bridgehead atoms. The highest BCUT2D eigenvalue weighted by Crippen LogP contribution is 2.02. The molecule has 5 heteroatoms. The van der Waals surface area contributed by atoms with Gasteiger partial charge in [-0.15, -0.1) is 5.92 Å². The molecular formula is C9H9N3O2. The quantitative estimate of drug-likeness (QED) is 0.681. The van der Waals surface area contributed by atoms with E-state index in [1.807, 2.05) is 0 Å². The fourth-order valence-corrected chi connectivity index (χ4v) is 0.700. The number of nitrogens with two attached hydrogens (primary N) is 1. The Morgan fingerprint density at radius 1 is 1.57 bits per heavy atom. The van der Waals surface area contributed by atoms with Crippen LogP contribution in [-0.4, -0.2) is 22.5 Å². The van der Waals surface area contributed by atoms with Gasteiger partial charge < -0.3 is 10.5 Å². The van der Waals surface area contributed by atoms with E-state index in [1.165, 1.54) is 12.4 Å². The van der Waals surface area contributed by atoms with Crippen molar-refractivity contribution >= 4 is 5.91 Å². The van der Waals surface area contributed by atoms with Crippen LogP contribution in [0.4, 0.5) is 0 Å². The highest BCUT2D eigenvalue weighted by atomic mass is 16.5. The lowest BCUT2D eigenvalue weighted by Gasteiger charge is -1.99. The lowest BCUT2D eigenvalue weighted by Crippen LogP contribution is -2.13. The minimum absolute atomic E-state index is 0.110. The maximum absolute atomic E-state index is 10.6. The van der Waals surface area contributed by atoms with Crippen molar-refractivity contribution in [2.24, 2.45) is 5.73 Å². The van der Waals surface area contributed by atoms with E-state index in [-0.39, 0.29) is 12.3 Å². The van der Waals surface area contributed by atoms with Gasteiger partial charge in [-0.25, -0.2) is 9.97 Å². The fourth-order valence-electron chi connectivity index (χ4n) is 0.700. The van der Waals surface area contributed by atoms with Gasteiger partial charge in [0.2, 0.25) is 5.88 Å². The minimum Gasteiger partial charge on any atom is -0.463 e. The number of hydrogen-bond acceptors (Lipinski definition) is 4. The van der Waals surface area contributed by atoms with Crippen molar-refractivity contribution in [3.8, 4) is 17.7 Å². The maximum Gasteiger partial charge on any atom is 0.268 e. The molecule has 0 spiro atoms. The number of carbonyl (C=O) groups excluding carboxylic acids is 1. The van der Waals surface area contributed by atoms with Crippen molar-refractivity contribution in [2.75, 3.05) is 6.61 Å². The molecule has 0 aliphatic heterocycles. The van der Waals surface area contributed by atoms with E-state index in [0.717, 1.165) is 0 Å². The minimum atomic E-state index is -0.614. The molecule has 5 nitrogen and oxygen atoms in total. The molecule has 0 saturated carbocycles. The second-order valence-corrected chi connectivity index (χ2v) is 2.32. The Hall–Kier alpha value is -2.09. The molecule has 0 saturated heterocycles. The molecule has 0 aliphatic carbocycles. The summed E-state index contributed by atoms with van der Waals surface area (Å²) < 4.78 is 5.08. The normalized spacial score (nSPS) is 8.64. The number of primary amides is 1. The van der Waals surface area contributed by atoms with Crippen molar-refractivity contribution < 1.29 is 9.53 Å². The van der Waals surface area contributed by atoms with Gasteiger partial charge in [0.25, 0.3) is 5.91 Å². The van der Waals surface area contributed by atoms with Gasteiger partial charge in [-0.05, 0) is 6.92 Å². The van der Waals surface area contributed by atoms with Gasteiger partial charge in [-0.1, -0.05) is 5.92 Å². The highest BCUT2D eigenvalue weighted by Gasteiger charge is 2.02. The first-order valence-corrected chi connectivity index (χ1v) is 3.88. The fraction of sp³-hybridized carbons (Fsp3) is 0.222. The Labute approximate surface area is 81.3 Å². The smallest absolute Gasteiger partial charge is 0.268 e. The third-order valence-electron chi connectivity index (χ3n) is 1.35. The van der Waals surface area contributed by atoms with Crippen LogP contribution in [0, 0.1) is 11.8 Å². The van der Waals surface area contributed by atoms with Crippen LogP contribution in [-0.2, 0) is 0 Å². The molecule has 0 aromatic carbocycles. The van der Waals surface area contributed by atoms with E-state index >= 15 is 0 Å². The van der Waals surface area contributed by atoms with Crippen LogP contribution in [0.25, 0.3) is 0 Å². The summed E-state index contributed by atoms with van der Waals surface area (Å²) in [5, 5.41) is 0. The molecule has 2 N–H and O–H groups in total. The number of nitrogens with zero attached hydrogens (tertiary/aromatic N) is 2. The average Bonchev–Trinajstić information content (AvgIpc) is 2.19. The number of rotatable bonds is 3. The van der Waals surface area contributed by atoms with Gasteiger partial charge >= 0.3 is 0 Å². The zero-order valence-corrected chi connectivity index (χ0v) is 7.65. The van der Waals surface area contributed by atoms with Gasteiger partial charge in [-0.2, -0.15) is 0 Å². The van der Waals surface area contributed by atoms with E-state index in [2.05, 4.69) is 21.8 Å². The largest absolute Gasteiger partial charge is 0.463 e. The third kappa shape index (κ3) is 2.75. The Balaban J connectivity index is 2.62. The summed E-state index contributed by atoms with van der Waals surface area (Å²) in [5.41, 5.74) is 5.09. The molecule has 0 unspecified atom stereocenters. The van der Waals surface area contributed by atoms with E-state index in [4.69, 9.17) is 10.5 Å². The average molecular weight is 191 g/mol. The van der Waals surface area contributed by atoms with Crippen molar-refractivity contribution in [3.63, 3.8) is 0 Å². The van der Waals surface area contributed by atoms with Crippen LogP contribution >= 0.6 is 0 Å². The van der Waals surface area contributed by atoms with E-state index in [9.17, 15) is 4.79 Å². The predicted molar refractivity (Wildman–Crippen MR) is 49.5 cm³/mol. The third-order valence-corrected chi connectivity index (χ3v) is 1.35. The summed E-state index contributed by atoms with van der Waals surface area (Å²) in [6, 6.07) is 0. The molecular weight excluding hydrogens is 182 g/mol. The van der Waals surface area contributed by atoms with Crippen LogP contribution in [0.2, 0.25) is 0 Å². The van der Waals surface area contributed by atoms with E-state index in [0.29, 0.717) is 5.88 Å². The Morgan fingerprint density at radius 3 is 2.86 bits per heavy atom. The highest BCUT2D eigenvalue weighted by molar-refractivity contribution is 5.90. The lowest BCUT2D eigenvalue weighted by molar-refractivity contribution is 0.0995. The molecule has 0 atom stereocenters. The number of hydrogen-bond donors (Lipinski definition) is 1. The summed E-state index contributed by atoms with van der Waals surface area (Å²) >= 11 is 0. The van der Waals surface area contributed by atoms with Crippen molar-refractivity contribution in [2.45, 2.75) is 6.92 Å². The summed E-state index contributed by atoms with van der Waals surface area (Å²) in [4.78, 5) is 18.2. The van der Waals surface area contributed by atoms with Crippen LogP contribution in [0.1, 0.15) is 17.4 Å². The molecule has 0 radical (unpaired) electrons. The van der Waals surface area contributed by atoms with Gasteiger partial charge in [0.05, 0.1) is 12.4 Å². The van der Waals surface area contributed by atoms with Crippen molar-refractivity contribution in [1.82, 2.24) is 9.97 Å². The Kier molecular flexibility index (Phi) is 3.44.